The van der Waals surface area contributed by atoms with Crippen LogP contribution < -0.4 is 4.90 Å². The summed E-state index contributed by atoms with van der Waals surface area (Å²) in [5.41, 5.74) is 0.723. The van der Waals surface area contributed by atoms with Crippen molar-refractivity contribution in [3.8, 4) is 0 Å². The van der Waals surface area contributed by atoms with Gasteiger partial charge in [0.25, 0.3) is 0 Å². The minimum atomic E-state index is -0.862. The Hall–Kier alpha value is -1.10. The highest BCUT2D eigenvalue weighted by Crippen LogP contribution is 2.28. The molecular formula is C13H22N2O2S. The lowest BCUT2D eigenvalue weighted by Gasteiger charge is -2.23. The summed E-state index contributed by atoms with van der Waals surface area (Å²) in [5, 5.41) is 10.00. The van der Waals surface area contributed by atoms with Gasteiger partial charge in [0.05, 0.1) is 5.69 Å². The van der Waals surface area contributed by atoms with Crippen molar-refractivity contribution in [3.05, 3.63) is 10.6 Å². The van der Waals surface area contributed by atoms with E-state index in [9.17, 15) is 9.90 Å². The topological polar surface area (TPSA) is 53.4 Å². The Morgan fingerprint density at radius 1 is 1.44 bits per heavy atom. The number of aromatic carboxylic acids is 1. The fourth-order valence-corrected chi connectivity index (χ4v) is 2.88. The summed E-state index contributed by atoms with van der Waals surface area (Å²) in [7, 11) is 1.99. The fourth-order valence-electron chi connectivity index (χ4n) is 1.86. The van der Waals surface area contributed by atoms with Gasteiger partial charge in [0.2, 0.25) is 0 Å². The van der Waals surface area contributed by atoms with E-state index in [1.165, 1.54) is 11.3 Å². The number of thiazole rings is 1. The zero-order valence-corrected chi connectivity index (χ0v) is 12.4. The molecule has 0 aliphatic carbocycles. The number of carboxylic acid groups (broad SMARTS) is 1. The van der Waals surface area contributed by atoms with Gasteiger partial charge < -0.3 is 10.0 Å². The molecule has 0 aromatic carbocycles. The van der Waals surface area contributed by atoms with Gasteiger partial charge >= 0.3 is 5.97 Å². The van der Waals surface area contributed by atoms with E-state index in [2.05, 4.69) is 23.7 Å². The van der Waals surface area contributed by atoms with Crippen LogP contribution in [0.3, 0.4) is 0 Å². The lowest BCUT2D eigenvalue weighted by Crippen LogP contribution is -2.28. The number of hydrogen-bond donors (Lipinski definition) is 1. The average molecular weight is 270 g/mol. The Morgan fingerprint density at radius 2 is 2.11 bits per heavy atom. The lowest BCUT2D eigenvalue weighted by atomic mass is 10.2. The molecule has 1 heterocycles. The van der Waals surface area contributed by atoms with E-state index in [4.69, 9.17) is 0 Å². The molecule has 0 saturated carbocycles. The average Bonchev–Trinajstić information content (AvgIpc) is 2.73. The summed E-state index contributed by atoms with van der Waals surface area (Å²) < 4.78 is 0. The van der Waals surface area contributed by atoms with E-state index >= 15 is 0 Å². The number of aromatic nitrogens is 1. The summed E-state index contributed by atoms with van der Waals surface area (Å²) in [6.45, 7) is 6.33. The van der Waals surface area contributed by atoms with Crippen LogP contribution in [0, 0.1) is 0 Å². The SMILES string of the molecule is CCCc1nc(N(C)C(C)CCC)sc1C(=O)O. The Kier molecular flexibility index (Phi) is 5.59. The maximum Gasteiger partial charge on any atom is 0.347 e. The highest BCUT2D eigenvalue weighted by molar-refractivity contribution is 7.17. The molecule has 0 radical (unpaired) electrons. The van der Waals surface area contributed by atoms with Gasteiger partial charge in [0.15, 0.2) is 5.13 Å². The van der Waals surface area contributed by atoms with Gasteiger partial charge in [-0.15, -0.1) is 0 Å². The number of anilines is 1. The fraction of sp³-hybridized carbons (Fsp3) is 0.692. The first kappa shape index (κ1) is 15.0. The van der Waals surface area contributed by atoms with Crippen molar-refractivity contribution in [1.82, 2.24) is 4.98 Å². The number of carbonyl (C=O) groups is 1. The predicted octanol–water partition coefficient (Wildman–Crippen LogP) is 3.42. The molecule has 4 nitrogen and oxygen atoms in total. The second-order valence-electron chi connectivity index (χ2n) is 4.58. The first-order valence-electron chi connectivity index (χ1n) is 6.47. The standard InChI is InChI=1S/C13H22N2O2S/c1-5-7-9(3)15(4)13-14-10(8-6-2)11(18-13)12(16)17/h9H,5-8H2,1-4H3,(H,16,17). The van der Waals surface area contributed by atoms with Crippen LogP contribution in [-0.2, 0) is 6.42 Å². The van der Waals surface area contributed by atoms with E-state index in [-0.39, 0.29) is 0 Å². The van der Waals surface area contributed by atoms with Gasteiger partial charge in [-0.1, -0.05) is 38.0 Å². The summed E-state index contributed by atoms with van der Waals surface area (Å²) in [6, 6.07) is 0.386. The Balaban J connectivity index is 2.96. The summed E-state index contributed by atoms with van der Waals surface area (Å²) in [6.07, 6.45) is 3.85. The molecule has 1 rings (SSSR count). The summed E-state index contributed by atoms with van der Waals surface area (Å²) in [5.74, 6) is -0.862. The van der Waals surface area contributed by atoms with Crippen LogP contribution in [0.1, 0.15) is 55.4 Å². The Morgan fingerprint density at radius 3 is 2.61 bits per heavy atom. The molecule has 1 N–H and O–H groups in total. The van der Waals surface area contributed by atoms with Crippen LogP contribution >= 0.6 is 11.3 Å². The highest BCUT2D eigenvalue weighted by Gasteiger charge is 2.20. The molecule has 1 atom stereocenters. The molecule has 0 aliphatic heterocycles. The zero-order chi connectivity index (χ0) is 13.7. The molecular weight excluding hydrogens is 248 g/mol. The Labute approximate surface area is 113 Å². The van der Waals surface area contributed by atoms with Gasteiger partial charge in [-0.05, 0) is 19.8 Å². The van der Waals surface area contributed by atoms with E-state index in [0.29, 0.717) is 10.9 Å². The summed E-state index contributed by atoms with van der Waals surface area (Å²) in [4.78, 5) is 18.1. The van der Waals surface area contributed by atoms with Gasteiger partial charge in [0, 0.05) is 13.1 Å². The lowest BCUT2D eigenvalue weighted by molar-refractivity contribution is 0.0700. The van der Waals surface area contributed by atoms with Crippen LogP contribution in [0.5, 0.6) is 0 Å². The van der Waals surface area contributed by atoms with Crippen molar-refractivity contribution >= 4 is 22.4 Å². The number of nitrogens with zero attached hydrogens (tertiary/aromatic N) is 2. The maximum atomic E-state index is 11.2. The number of hydrogen-bond acceptors (Lipinski definition) is 4. The third-order valence-electron chi connectivity index (χ3n) is 3.04. The van der Waals surface area contributed by atoms with Gasteiger partial charge in [0.1, 0.15) is 4.88 Å². The maximum absolute atomic E-state index is 11.2. The molecule has 1 unspecified atom stereocenters. The van der Waals surface area contributed by atoms with Crippen LogP contribution in [-0.4, -0.2) is 29.1 Å². The van der Waals surface area contributed by atoms with Crippen molar-refractivity contribution in [2.75, 3.05) is 11.9 Å². The minimum Gasteiger partial charge on any atom is -0.477 e. The van der Waals surface area contributed by atoms with Crippen LogP contribution in [0.2, 0.25) is 0 Å². The molecule has 18 heavy (non-hydrogen) atoms. The van der Waals surface area contributed by atoms with E-state index in [1.807, 2.05) is 14.0 Å². The Bertz CT molecular complexity index is 404. The molecule has 0 saturated heterocycles. The van der Waals surface area contributed by atoms with Gasteiger partial charge in [-0.25, -0.2) is 9.78 Å². The van der Waals surface area contributed by atoms with Crippen molar-refractivity contribution in [1.29, 1.82) is 0 Å². The molecule has 1 aromatic rings. The predicted molar refractivity (Wildman–Crippen MR) is 75.8 cm³/mol. The van der Waals surface area contributed by atoms with Crippen molar-refractivity contribution in [2.24, 2.45) is 0 Å². The smallest absolute Gasteiger partial charge is 0.347 e. The quantitative estimate of drug-likeness (QED) is 0.825. The first-order chi connectivity index (χ1) is 8.51. The van der Waals surface area contributed by atoms with Crippen molar-refractivity contribution in [3.63, 3.8) is 0 Å². The normalized spacial score (nSPS) is 12.4. The van der Waals surface area contributed by atoms with Crippen LogP contribution in [0.4, 0.5) is 5.13 Å². The first-order valence-corrected chi connectivity index (χ1v) is 7.28. The largest absolute Gasteiger partial charge is 0.477 e. The van der Waals surface area contributed by atoms with Gasteiger partial charge in [-0.3, -0.25) is 0 Å². The van der Waals surface area contributed by atoms with Crippen molar-refractivity contribution < 1.29 is 9.90 Å². The zero-order valence-electron chi connectivity index (χ0n) is 11.6. The number of carboxylic acids is 1. The summed E-state index contributed by atoms with van der Waals surface area (Å²) >= 11 is 1.29. The number of rotatable bonds is 7. The minimum absolute atomic E-state index is 0.386. The molecule has 5 heteroatoms. The van der Waals surface area contributed by atoms with E-state index in [1.54, 1.807) is 0 Å². The molecule has 0 aliphatic rings. The molecule has 0 amide bonds. The molecule has 0 fully saturated rings. The van der Waals surface area contributed by atoms with Crippen LogP contribution in [0.15, 0.2) is 0 Å². The van der Waals surface area contributed by atoms with E-state index in [0.717, 1.165) is 36.5 Å². The molecule has 0 spiro atoms. The van der Waals surface area contributed by atoms with Gasteiger partial charge in [-0.2, -0.15) is 0 Å². The third kappa shape index (κ3) is 3.45. The second kappa shape index (κ2) is 6.73. The third-order valence-corrected chi connectivity index (χ3v) is 4.21. The van der Waals surface area contributed by atoms with E-state index < -0.39 is 5.97 Å². The second-order valence-corrected chi connectivity index (χ2v) is 5.55. The monoisotopic (exact) mass is 270 g/mol. The molecule has 1 aromatic heterocycles. The molecule has 0 bridgehead atoms. The number of aryl methyl sites for hydroxylation is 1. The van der Waals surface area contributed by atoms with Crippen LogP contribution in [0.25, 0.3) is 0 Å². The molecule has 102 valence electrons. The van der Waals surface area contributed by atoms with Crippen molar-refractivity contribution in [2.45, 2.75) is 52.5 Å². The highest BCUT2D eigenvalue weighted by atomic mass is 32.1.